The van der Waals surface area contributed by atoms with Crippen LogP contribution in [0.2, 0.25) is 0 Å². The van der Waals surface area contributed by atoms with Gasteiger partial charge < -0.3 is 20.1 Å². The Bertz CT molecular complexity index is 1260. The predicted molar refractivity (Wildman–Crippen MR) is 130 cm³/mol. The highest BCUT2D eigenvalue weighted by Crippen LogP contribution is 2.30. The van der Waals surface area contributed by atoms with Crippen molar-refractivity contribution in [3.05, 3.63) is 47.8 Å². The van der Waals surface area contributed by atoms with Crippen molar-refractivity contribution < 1.29 is 9.84 Å². The molecule has 6 rings (SSSR count). The lowest BCUT2D eigenvalue weighted by molar-refractivity contribution is 0.116. The Morgan fingerprint density at radius 2 is 2.00 bits per heavy atom. The van der Waals surface area contributed by atoms with Crippen molar-refractivity contribution >= 4 is 38.2 Å². The van der Waals surface area contributed by atoms with Gasteiger partial charge >= 0.3 is 0 Å². The molecule has 3 aromatic heterocycles. The molecule has 4 heterocycles. The molecule has 2 fully saturated rings. The van der Waals surface area contributed by atoms with E-state index in [4.69, 9.17) is 14.8 Å². The molecule has 0 bridgehead atoms. The lowest BCUT2D eigenvalue weighted by atomic mass is 9.93. The number of hydrogen-bond donors (Lipinski definition) is 2. The lowest BCUT2D eigenvalue weighted by Gasteiger charge is -2.27. The SMILES string of the molecule is O[C@@H]1CCCC[C@H]1Nc1nc2ccc(Cc3cnc4ccc(N5CCOCC5)nn34)cc2s1. The smallest absolute Gasteiger partial charge is 0.184 e. The number of aliphatic hydroxyl groups excluding tert-OH is 1. The fourth-order valence-electron chi connectivity index (χ4n) is 4.78. The Morgan fingerprint density at radius 1 is 1.12 bits per heavy atom. The standard InChI is InChI=1S/C24H28N6O2S/c31-20-4-2-1-3-18(20)26-24-27-19-6-5-16(14-21(19)33-24)13-17-15-25-22-7-8-23(28-30(17)22)29-9-11-32-12-10-29/h5-8,14-15,18,20,31H,1-4,9-13H2,(H,26,27)/t18-,20-/m1/s1. The second-order valence-electron chi connectivity index (χ2n) is 8.91. The first-order chi connectivity index (χ1) is 16.2. The average molecular weight is 465 g/mol. The number of ether oxygens (including phenoxy) is 1. The minimum atomic E-state index is -0.286. The van der Waals surface area contributed by atoms with Crippen molar-refractivity contribution in [1.82, 2.24) is 19.6 Å². The number of rotatable bonds is 5. The van der Waals surface area contributed by atoms with Gasteiger partial charge in [0.2, 0.25) is 0 Å². The second kappa shape index (κ2) is 8.89. The molecule has 8 nitrogen and oxygen atoms in total. The lowest BCUT2D eigenvalue weighted by Crippen LogP contribution is -2.37. The summed E-state index contributed by atoms with van der Waals surface area (Å²) in [6.45, 7) is 3.20. The summed E-state index contributed by atoms with van der Waals surface area (Å²) in [5.41, 5.74) is 4.12. The zero-order chi connectivity index (χ0) is 22.2. The van der Waals surface area contributed by atoms with Crippen LogP contribution >= 0.6 is 11.3 Å². The number of thiazole rings is 1. The van der Waals surface area contributed by atoms with Crippen molar-refractivity contribution in [1.29, 1.82) is 0 Å². The van der Waals surface area contributed by atoms with Gasteiger partial charge in [-0.25, -0.2) is 14.5 Å². The van der Waals surface area contributed by atoms with Gasteiger partial charge in [-0.3, -0.25) is 0 Å². The number of aromatic nitrogens is 4. The number of imidazole rings is 1. The van der Waals surface area contributed by atoms with Crippen LogP contribution in [0.3, 0.4) is 0 Å². The van der Waals surface area contributed by atoms with Gasteiger partial charge in [-0.15, -0.1) is 5.10 Å². The molecule has 172 valence electrons. The van der Waals surface area contributed by atoms with Gasteiger partial charge in [0.25, 0.3) is 0 Å². The summed E-state index contributed by atoms with van der Waals surface area (Å²) in [6.07, 6.45) is 6.51. The summed E-state index contributed by atoms with van der Waals surface area (Å²) in [5.74, 6) is 0.962. The van der Waals surface area contributed by atoms with Gasteiger partial charge in [0, 0.05) is 19.5 Å². The molecule has 0 spiro atoms. The van der Waals surface area contributed by atoms with Gasteiger partial charge in [0.1, 0.15) is 5.82 Å². The molecule has 2 aliphatic rings. The molecule has 2 N–H and O–H groups in total. The molecular weight excluding hydrogens is 436 g/mol. The molecule has 0 amide bonds. The maximum atomic E-state index is 10.3. The van der Waals surface area contributed by atoms with E-state index in [0.717, 1.165) is 90.9 Å². The van der Waals surface area contributed by atoms with Crippen LogP contribution in [0.1, 0.15) is 36.9 Å². The number of aliphatic hydroxyl groups is 1. The van der Waals surface area contributed by atoms with Gasteiger partial charge in [-0.2, -0.15) is 0 Å². The van der Waals surface area contributed by atoms with E-state index in [1.165, 1.54) is 5.56 Å². The third-order valence-corrected chi connectivity index (χ3v) is 7.58. The third-order valence-electron chi connectivity index (χ3n) is 6.63. The number of morpholine rings is 1. The van der Waals surface area contributed by atoms with E-state index in [0.29, 0.717) is 0 Å². The van der Waals surface area contributed by atoms with Crippen molar-refractivity contribution in [3.8, 4) is 0 Å². The topological polar surface area (TPSA) is 87.8 Å². The molecule has 2 atom stereocenters. The molecule has 33 heavy (non-hydrogen) atoms. The van der Waals surface area contributed by atoms with E-state index in [1.807, 2.05) is 22.8 Å². The predicted octanol–water partition coefficient (Wildman–Crippen LogP) is 3.48. The van der Waals surface area contributed by atoms with Crippen LogP contribution < -0.4 is 10.2 Å². The van der Waals surface area contributed by atoms with Crippen molar-refractivity contribution in [2.24, 2.45) is 0 Å². The number of fused-ring (bicyclic) bond motifs is 2. The monoisotopic (exact) mass is 464 g/mol. The molecule has 1 saturated heterocycles. The van der Waals surface area contributed by atoms with Crippen LogP contribution in [0, 0.1) is 0 Å². The van der Waals surface area contributed by atoms with Gasteiger partial charge in [0.15, 0.2) is 10.8 Å². The van der Waals surface area contributed by atoms with Crippen LogP contribution in [0.4, 0.5) is 10.9 Å². The first-order valence-electron chi connectivity index (χ1n) is 11.7. The highest BCUT2D eigenvalue weighted by molar-refractivity contribution is 7.22. The number of nitrogens with zero attached hydrogens (tertiary/aromatic N) is 5. The number of hydrogen-bond acceptors (Lipinski definition) is 8. The van der Waals surface area contributed by atoms with Crippen molar-refractivity contribution in [2.45, 2.75) is 44.2 Å². The zero-order valence-corrected chi connectivity index (χ0v) is 19.3. The first-order valence-corrected chi connectivity index (χ1v) is 12.5. The van der Waals surface area contributed by atoms with Crippen molar-refractivity contribution in [3.63, 3.8) is 0 Å². The maximum Gasteiger partial charge on any atom is 0.184 e. The summed E-state index contributed by atoms with van der Waals surface area (Å²) in [6, 6.07) is 10.6. The Labute approximate surface area is 196 Å². The van der Waals surface area contributed by atoms with Crippen LogP contribution in [0.25, 0.3) is 15.9 Å². The molecule has 1 saturated carbocycles. The fourth-order valence-corrected chi connectivity index (χ4v) is 5.77. The Kier molecular flexibility index (Phi) is 5.61. The Balaban J connectivity index is 1.23. The third kappa shape index (κ3) is 4.28. The molecule has 1 aromatic carbocycles. The summed E-state index contributed by atoms with van der Waals surface area (Å²) in [4.78, 5) is 11.6. The summed E-state index contributed by atoms with van der Waals surface area (Å²) in [5, 5.41) is 19.5. The van der Waals surface area contributed by atoms with Gasteiger partial charge in [0.05, 0.1) is 47.5 Å². The minimum absolute atomic E-state index is 0.101. The summed E-state index contributed by atoms with van der Waals surface area (Å²) < 4.78 is 8.58. The summed E-state index contributed by atoms with van der Waals surface area (Å²) in [7, 11) is 0. The maximum absolute atomic E-state index is 10.3. The molecular formula is C24H28N6O2S. The van der Waals surface area contributed by atoms with E-state index in [1.54, 1.807) is 11.3 Å². The normalized spacial score (nSPS) is 21.7. The van der Waals surface area contributed by atoms with E-state index < -0.39 is 0 Å². The van der Waals surface area contributed by atoms with Gasteiger partial charge in [-0.05, 0) is 42.7 Å². The largest absolute Gasteiger partial charge is 0.391 e. The molecule has 4 aromatic rings. The van der Waals surface area contributed by atoms with Crippen LogP contribution in [0.5, 0.6) is 0 Å². The van der Waals surface area contributed by atoms with E-state index in [9.17, 15) is 5.11 Å². The second-order valence-corrected chi connectivity index (χ2v) is 9.94. The van der Waals surface area contributed by atoms with Crippen molar-refractivity contribution in [2.75, 3.05) is 36.5 Å². The number of anilines is 2. The average Bonchev–Trinajstić information content (AvgIpc) is 3.44. The summed E-state index contributed by atoms with van der Waals surface area (Å²) >= 11 is 1.65. The van der Waals surface area contributed by atoms with E-state index >= 15 is 0 Å². The Hall–Kier alpha value is -2.75. The van der Waals surface area contributed by atoms with Crippen LogP contribution in [-0.2, 0) is 11.2 Å². The molecule has 0 unspecified atom stereocenters. The van der Waals surface area contributed by atoms with E-state index in [2.05, 4.69) is 33.4 Å². The highest BCUT2D eigenvalue weighted by atomic mass is 32.1. The van der Waals surface area contributed by atoms with Crippen LogP contribution in [0.15, 0.2) is 36.5 Å². The van der Waals surface area contributed by atoms with E-state index in [-0.39, 0.29) is 12.1 Å². The zero-order valence-electron chi connectivity index (χ0n) is 18.5. The molecule has 1 aliphatic carbocycles. The van der Waals surface area contributed by atoms with Gasteiger partial charge in [-0.1, -0.05) is 30.2 Å². The Morgan fingerprint density at radius 3 is 2.88 bits per heavy atom. The molecule has 0 radical (unpaired) electrons. The molecule has 9 heteroatoms. The minimum Gasteiger partial charge on any atom is -0.391 e. The number of benzene rings is 1. The van der Waals surface area contributed by atoms with Crippen LogP contribution in [-0.4, -0.2) is 63.1 Å². The quantitative estimate of drug-likeness (QED) is 0.467. The number of nitrogens with one attached hydrogen (secondary N) is 1. The fraction of sp³-hybridized carbons (Fsp3) is 0.458. The molecule has 1 aliphatic heterocycles. The highest BCUT2D eigenvalue weighted by Gasteiger charge is 2.23. The first kappa shape index (κ1) is 20.8.